The van der Waals surface area contributed by atoms with Gasteiger partial charge in [-0.15, -0.1) is 0 Å². The molecule has 1 fully saturated rings. The Morgan fingerprint density at radius 2 is 2.35 bits per heavy atom. The molecule has 4 nitrogen and oxygen atoms in total. The van der Waals surface area contributed by atoms with Crippen LogP contribution < -0.4 is 0 Å². The third kappa shape index (κ3) is 2.65. The Morgan fingerprint density at radius 3 is 3.18 bits per heavy atom. The zero-order valence-electron chi connectivity index (χ0n) is 10.0. The van der Waals surface area contributed by atoms with E-state index in [2.05, 4.69) is 21.8 Å². The molecule has 0 radical (unpaired) electrons. The highest BCUT2D eigenvalue weighted by Crippen LogP contribution is 2.25. The zero-order valence-corrected chi connectivity index (χ0v) is 10.8. The Hall–Kier alpha value is -0.550. The summed E-state index contributed by atoms with van der Waals surface area (Å²) in [4.78, 5) is 4.61. The molecular formula is C12H19N3OS. The van der Waals surface area contributed by atoms with E-state index in [0.717, 1.165) is 36.8 Å². The van der Waals surface area contributed by atoms with E-state index in [9.17, 15) is 5.11 Å². The first-order valence-electron chi connectivity index (χ1n) is 6.49. The van der Waals surface area contributed by atoms with E-state index in [1.54, 1.807) is 0 Å². The van der Waals surface area contributed by atoms with E-state index >= 15 is 0 Å². The summed E-state index contributed by atoms with van der Waals surface area (Å²) in [5.74, 6) is 5.38. The molecule has 0 bridgehead atoms. The lowest BCUT2D eigenvalue weighted by molar-refractivity contribution is 0.124. The summed E-state index contributed by atoms with van der Waals surface area (Å²) < 4.78 is 1.90. The lowest BCUT2D eigenvalue weighted by Gasteiger charge is -2.19. The second kappa shape index (κ2) is 4.98. The van der Waals surface area contributed by atoms with Gasteiger partial charge in [-0.3, -0.25) is 0 Å². The van der Waals surface area contributed by atoms with Crippen molar-refractivity contribution >= 4 is 11.8 Å². The van der Waals surface area contributed by atoms with Crippen molar-refractivity contribution in [1.82, 2.24) is 14.8 Å². The Morgan fingerprint density at radius 1 is 1.41 bits per heavy atom. The van der Waals surface area contributed by atoms with Crippen LogP contribution in [0.4, 0.5) is 0 Å². The first-order valence-corrected chi connectivity index (χ1v) is 7.65. The fourth-order valence-corrected chi connectivity index (χ4v) is 3.81. The van der Waals surface area contributed by atoms with Gasteiger partial charge in [0.15, 0.2) is 5.82 Å². The second-order valence-corrected chi connectivity index (χ2v) is 6.26. The molecule has 1 saturated heterocycles. The van der Waals surface area contributed by atoms with Crippen LogP contribution >= 0.6 is 11.8 Å². The summed E-state index contributed by atoms with van der Waals surface area (Å²) >= 11 is 2.06. The molecule has 0 saturated carbocycles. The van der Waals surface area contributed by atoms with Crippen LogP contribution in [0.1, 0.15) is 30.9 Å². The molecule has 1 aromatic heterocycles. The lowest BCUT2D eigenvalue weighted by atomic mass is 10.0. The number of hydrogen-bond acceptors (Lipinski definition) is 4. The number of aromatic nitrogens is 3. The Kier molecular flexibility index (Phi) is 3.38. The number of fused-ring (bicyclic) bond motifs is 1. The molecule has 2 aliphatic rings. The predicted molar refractivity (Wildman–Crippen MR) is 68.1 cm³/mol. The van der Waals surface area contributed by atoms with E-state index < -0.39 is 0 Å². The SMILES string of the molecule is OC1CCc2nc(CC3CCCSC3)nn2C1. The molecule has 2 unspecified atom stereocenters. The molecule has 2 atom stereocenters. The molecular weight excluding hydrogens is 234 g/mol. The van der Waals surface area contributed by atoms with Crippen LogP contribution in [-0.4, -0.2) is 37.5 Å². The largest absolute Gasteiger partial charge is 0.391 e. The maximum atomic E-state index is 9.59. The van der Waals surface area contributed by atoms with Crippen molar-refractivity contribution in [2.45, 2.75) is 44.8 Å². The minimum atomic E-state index is -0.234. The quantitative estimate of drug-likeness (QED) is 0.862. The topological polar surface area (TPSA) is 50.9 Å². The van der Waals surface area contributed by atoms with Crippen LogP contribution in [-0.2, 0) is 19.4 Å². The maximum absolute atomic E-state index is 9.59. The summed E-state index contributed by atoms with van der Waals surface area (Å²) in [5, 5.41) is 14.1. The molecule has 3 rings (SSSR count). The van der Waals surface area contributed by atoms with Crippen molar-refractivity contribution in [1.29, 1.82) is 0 Å². The number of aliphatic hydroxyl groups excluding tert-OH is 1. The molecule has 17 heavy (non-hydrogen) atoms. The van der Waals surface area contributed by atoms with Crippen LogP contribution in [0.2, 0.25) is 0 Å². The molecule has 5 heteroatoms. The second-order valence-electron chi connectivity index (χ2n) is 5.11. The molecule has 0 amide bonds. The fraction of sp³-hybridized carbons (Fsp3) is 0.833. The number of thioether (sulfide) groups is 1. The van der Waals surface area contributed by atoms with Crippen LogP contribution in [0.5, 0.6) is 0 Å². The average Bonchev–Trinajstić information content (AvgIpc) is 2.71. The average molecular weight is 253 g/mol. The van der Waals surface area contributed by atoms with Gasteiger partial charge in [-0.2, -0.15) is 16.9 Å². The Balaban J connectivity index is 1.67. The van der Waals surface area contributed by atoms with Gasteiger partial charge in [0.25, 0.3) is 0 Å². The van der Waals surface area contributed by atoms with E-state index in [-0.39, 0.29) is 6.10 Å². The standard InChI is InChI=1S/C12H19N3OS/c16-10-3-4-12-13-11(14-15(12)7-10)6-9-2-1-5-17-8-9/h9-10,16H,1-8H2. The van der Waals surface area contributed by atoms with Gasteiger partial charge in [-0.1, -0.05) is 0 Å². The normalized spacial score (nSPS) is 29.0. The van der Waals surface area contributed by atoms with Crippen molar-refractivity contribution in [3.8, 4) is 0 Å². The van der Waals surface area contributed by atoms with E-state index in [1.165, 1.54) is 24.3 Å². The van der Waals surface area contributed by atoms with Crippen molar-refractivity contribution in [2.24, 2.45) is 5.92 Å². The molecule has 0 aromatic carbocycles. The molecule has 2 aliphatic heterocycles. The van der Waals surface area contributed by atoms with Gasteiger partial charge >= 0.3 is 0 Å². The number of hydrogen-bond donors (Lipinski definition) is 1. The minimum absolute atomic E-state index is 0.234. The number of nitrogens with zero attached hydrogens (tertiary/aromatic N) is 3. The maximum Gasteiger partial charge on any atom is 0.151 e. The van der Waals surface area contributed by atoms with E-state index in [4.69, 9.17) is 0 Å². The van der Waals surface area contributed by atoms with Gasteiger partial charge in [-0.25, -0.2) is 9.67 Å². The fourth-order valence-electron chi connectivity index (χ4n) is 2.66. The van der Waals surface area contributed by atoms with Gasteiger partial charge < -0.3 is 5.11 Å². The van der Waals surface area contributed by atoms with E-state index in [1.807, 2.05) is 4.68 Å². The van der Waals surface area contributed by atoms with Crippen LogP contribution in [0.15, 0.2) is 0 Å². The summed E-state index contributed by atoms with van der Waals surface area (Å²) in [6, 6.07) is 0. The van der Waals surface area contributed by atoms with Crippen molar-refractivity contribution in [3.05, 3.63) is 11.6 Å². The number of aryl methyl sites for hydroxylation is 1. The van der Waals surface area contributed by atoms with Gasteiger partial charge in [0, 0.05) is 12.8 Å². The summed E-state index contributed by atoms with van der Waals surface area (Å²) in [7, 11) is 0. The minimum Gasteiger partial charge on any atom is -0.391 e. The number of rotatable bonds is 2. The Bertz CT molecular complexity index is 387. The molecule has 0 spiro atoms. The monoisotopic (exact) mass is 253 g/mol. The molecule has 1 N–H and O–H groups in total. The van der Waals surface area contributed by atoms with Gasteiger partial charge in [0.1, 0.15) is 5.82 Å². The highest BCUT2D eigenvalue weighted by atomic mass is 32.2. The highest BCUT2D eigenvalue weighted by molar-refractivity contribution is 7.99. The first kappa shape index (κ1) is 11.5. The molecule has 94 valence electrons. The number of aliphatic hydroxyl groups is 1. The summed E-state index contributed by atoms with van der Waals surface area (Å²) in [6.45, 7) is 0.627. The van der Waals surface area contributed by atoms with Gasteiger partial charge in [0.05, 0.1) is 12.6 Å². The summed E-state index contributed by atoms with van der Waals surface area (Å²) in [5.41, 5.74) is 0. The first-order chi connectivity index (χ1) is 8.31. The third-order valence-electron chi connectivity index (χ3n) is 3.60. The third-order valence-corrected chi connectivity index (χ3v) is 4.89. The van der Waals surface area contributed by atoms with Crippen molar-refractivity contribution < 1.29 is 5.11 Å². The highest BCUT2D eigenvalue weighted by Gasteiger charge is 2.22. The van der Waals surface area contributed by atoms with Crippen LogP contribution in [0.3, 0.4) is 0 Å². The van der Waals surface area contributed by atoms with Gasteiger partial charge in [0.2, 0.25) is 0 Å². The van der Waals surface area contributed by atoms with E-state index in [0.29, 0.717) is 6.54 Å². The predicted octanol–water partition coefficient (Wildman–Crippen LogP) is 1.27. The van der Waals surface area contributed by atoms with Crippen LogP contribution in [0, 0.1) is 5.92 Å². The molecule has 3 heterocycles. The summed E-state index contributed by atoms with van der Waals surface area (Å²) in [6.07, 6.45) is 5.14. The van der Waals surface area contributed by atoms with Gasteiger partial charge in [-0.05, 0) is 36.7 Å². The molecule has 1 aromatic rings. The smallest absolute Gasteiger partial charge is 0.151 e. The van der Waals surface area contributed by atoms with Crippen LogP contribution in [0.25, 0.3) is 0 Å². The van der Waals surface area contributed by atoms with Crippen molar-refractivity contribution in [3.63, 3.8) is 0 Å². The van der Waals surface area contributed by atoms with Crippen molar-refractivity contribution in [2.75, 3.05) is 11.5 Å². The Labute approximate surface area is 106 Å². The zero-order chi connectivity index (χ0) is 11.7. The molecule has 0 aliphatic carbocycles. The lowest BCUT2D eigenvalue weighted by Crippen LogP contribution is -2.25.